The predicted octanol–water partition coefficient (Wildman–Crippen LogP) is 3.97. The number of ether oxygens (including phenoxy) is 1. The van der Waals surface area contributed by atoms with Crippen LogP contribution in [0.3, 0.4) is 0 Å². The summed E-state index contributed by atoms with van der Waals surface area (Å²) in [5.41, 5.74) is 0.963. The first-order valence-corrected chi connectivity index (χ1v) is 6.72. The van der Waals surface area contributed by atoms with Crippen LogP contribution in [0.5, 0.6) is 0 Å². The largest absolute Gasteiger partial charge is 0.464 e. The van der Waals surface area contributed by atoms with Gasteiger partial charge in [-0.25, -0.2) is 4.79 Å². The van der Waals surface area contributed by atoms with Crippen molar-refractivity contribution in [2.45, 2.75) is 32.9 Å². The number of rotatable bonds is 5. The summed E-state index contributed by atoms with van der Waals surface area (Å²) in [6, 6.07) is 13.2. The predicted molar refractivity (Wildman–Crippen MR) is 76.2 cm³/mol. The standard InChI is InChI=1S/C16H19NO3/c1-3-14(15-10-9-12(2)20-15)17-16(18)19-11-13-7-5-4-6-8-13/h4-10,14H,3,11H2,1-2H3,(H,17,18). The fourth-order valence-electron chi connectivity index (χ4n) is 1.92. The number of hydrogen-bond donors (Lipinski definition) is 1. The van der Waals surface area contributed by atoms with Crippen molar-refractivity contribution >= 4 is 6.09 Å². The van der Waals surface area contributed by atoms with Crippen LogP contribution < -0.4 is 5.32 Å². The van der Waals surface area contributed by atoms with Gasteiger partial charge >= 0.3 is 6.09 Å². The third kappa shape index (κ3) is 3.88. The first-order valence-electron chi connectivity index (χ1n) is 6.72. The van der Waals surface area contributed by atoms with Crippen molar-refractivity contribution in [2.24, 2.45) is 0 Å². The zero-order valence-corrected chi connectivity index (χ0v) is 11.8. The minimum absolute atomic E-state index is 0.160. The number of furan rings is 1. The first kappa shape index (κ1) is 14.2. The average molecular weight is 273 g/mol. The summed E-state index contributed by atoms with van der Waals surface area (Å²) in [6.07, 6.45) is 0.308. The van der Waals surface area contributed by atoms with Gasteiger partial charge in [0.25, 0.3) is 0 Å². The summed E-state index contributed by atoms with van der Waals surface area (Å²) in [6.45, 7) is 4.13. The lowest BCUT2D eigenvalue weighted by Gasteiger charge is -2.14. The number of carbonyl (C=O) groups excluding carboxylic acids is 1. The van der Waals surface area contributed by atoms with E-state index in [9.17, 15) is 4.79 Å². The van der Waals surface area contributed by atoms with E-state index in [1.54, 1.807) is 0 Å². The van der Waals surface area contributed by atoms with E-state index in [0.29, 0.717) is 0 Å². The van der Waals surface area contributed by atoms with Gasteiger partial charge in [0.2, 0.25) is 0 Å². The van der Waals surface area contributed by atoms with Crippen LogP contribution in [0.2, 0.25) is 0 Å². The van der Waals surface area contributed by atoms with E-state index < -0.39 is 6.09 Å². The molecular formula is C16H19NO3. The van der Waals surface area contributed by atoms with E-state index in [1.807, 2.05) is 56.3 Å². The van der Waals surface area contributed by atoms with Crippen LogP contribution in [0.1, 0.15) is 36.5 Å². The second kappa shape index (κ2) is 6.80. The molecule has 1 unspecified atom stereocenters. The molecule has 0 spiro atoms. The molecule has 1 amide bonds. The molecule has 2 rings (SSSR count). The summed E-state index contributed by atoms with van der Waals surface area (Å²) >= 11 is 0. The fraction of sp³-hybridized carbons (Fsp3) is 0.312. The number of alkyl carbamates (subject to hydrolysis) is 1. The molecule has 4 nitrogen and oxygen atoms in total. The van der Waals surface area contributed by atoms with Crippen molar-refractivity contribution in [2.75, 3.05) is 0 Å². The van der Waals surface area contributed by atoms with Crippen LogP contribution in [-0.2, 0) is 11.3 Å². The lowest BCUT2D eigenvalue weighted by molar-refractivity contribution is 0.134. The minimum atomic E-state index is -0.435. The third-order valence-corrected chi connectivity index (χ3v) is 3.02. The van der Waals surface area contributed by atoms with Gasteiger partial charge in [0, 0.05) is 0 Å². The highest BCUT2D eigenvalue weighted by Crippen LogP contribution is 2.19. The van der Waals surface area contributed by atoms with Crippen LogP contribution >= 0.6 is 0 Å². The molecule has 0 aliphatic rings. The van der Waals surface area contributed by atoms with Crippen molar-refractivity contribution in [3.05, 3.63) is 59.5 Å². The number of amides is 1. The van der Waals surface area contributed by atoms with Gasteiger partial charge in [-0.15, -0.1) is 0 Å². The van der Waals surface area contributed by atoms with Crippen molar-refractivity contribution < 1.29 is 13.9 Å². The number of aryl methyl sites for hydroxylation is 1. The van der Waals surface area contributed by atoms with Crippen LogP contribution in [0, 0.1) is 6.92 Å². The summed E-state index contributed by atoms with van der Waals surface area (Å²) in [5.74, 6) is 1.58. The Balaban J connectivity index is 1.86. The zero-order chi connectivity index (χ0) is 14.4. The average Bonchev–Trinajstić information content (AvgIpc) is 2.90. The van der Waals surface area contributed by atoms with Crippen molar-refractivity contribution in [3.63, 3.8) is 0 Å². The molecule has 1 heterocycles. The van der Waals surface area contributed by atoms with E-state index in [1.165, 1.54) is 0 Å². The number of carbonyl (C=O) groups is 1. The Morgan fingerprint density at radius 3 is 2.60 bits per heavy atom. The van der Waals surface area contributed by atoms with E-state index in [-0.39, 0.29) is 12.6 Å². The molecule has 106 valence electrons. The smallest absolute Gasteiger partial charge is 0.408 e. The highest BCUT2D eigenvalue weighted by molar-refractivity contribution is 5.67. The van der Waals surface area contributed by atoms with Gasteiger partial charge in [-0.3, -0.25) is 0 Å². The van der Waals surface area contributed by atoms with Crippen LogP contribution in [-0.4, -0.2) is 6.09 Å². The van der Waals surface area contributed by atoms with E-state index in [2.05, 4.69) is 5.32 Å². The normalized spacial score (nSPS) is 11.9. The van der Waals surface area contributed by atoms with Gasteiger partial charge in [0.05, 0.1) is 6.04 Å². The quantitative estimate of drug-likeness (QED) is 0.896. The first-order chi connectivity index (χ1) is 9.69. The van der Waals surface area contributed by atoms with Gasteiger partial charge in [0.1, 0.15) is 18.1 Å². The molecular weight excluding hydrogens is 254 g/mol. The van der Waals surface area contributed by atoms with Crippen LogP contribution in [0.15, 0.2) is 46.9 Å². The fourth-order valence-corrected chi connectivity index (χ4v) is 1.92. The molecule has 0 radical (unpaired) electrons. The Kier molecular flexibility index (Phi) is 4.82. The summed E-state index contributed by atoms with van der Waals surface area (Å²) in [5, 5.41) is 2.81. The SMILES string of the molecule is CCC(NC(=O)OCc1ccccc1)c1ccc(C)o1. The van der Waals surface area contributed by atoms with Crippen molar-refractivity contribution in [1.82, 2.24) is 5.32 Å². The maximum absolute atomic E-state index is 11.8. The van der Waals surface area contributed by atoms with E-state index in [4.69, 9.17) is 9.15 Å². The molecule has 1 atom stereocenters. The molecule has 1 N–H and O–H groups in total. The summed E-state index contributed by atoms with van der Waals surface area (Å²) < 4.78 is 10.7. The Morgan fingerprint density at radius 2 is 2.00 bits per heavy atom. The Morgan fingerprint density at radius 1 is 1.25 bits per heavy atom. The number of nitrogens with one attached hydrogen (secondary N) is 1. The van der Waals surface area contributed by atoms with Gasteiger partial charge in [-0.1, -0.05) is 37.3 Å². The number of hydrogen-bond acceptors (Lipinski definition) is 3. The maximum Gasteiger partial charge on any atom is 0.408 e. The summed E-state index contributed by atoms with van der Waals surface area (Å²) in [4.78, 5) is 11.8. The molecule has 0 aliphatic carbocycles. The summed E-state index contributed by atoms with van der Waals surface area (Å²) in [7, 11) is 0. The van der Waals surface area contributed by atoms with Gasteiger partial charge in [-0.05, 0) is 31.0 Å². The Hall–Kier alpha value is -2.23. The molecule has 0 saturated heterocycles. The molecule has 0 fully saturated rings. The van der Waals surface area contributed by atoms with Crippen LogP contribution in [0.25, 0.3) is 0 Å². The van der Waals surface area contributed by atoms with E-state index in [0.717, 1.165) is 23.5 Å². The number of benzene rings is 1. The Labute approximate surface area is 118 Å². The maximum atomic E-state index is 11.8. The molecule has 4 heteroatoms. The Bertz CT molecular complexity index is 548. The van der Waals surface area contributed by atoms with Gasteiger partial charge in [-0.2, -0.15) is 0 Å². The lowest BCUT2D eigenvalue weighted by Crippen LogP contribution is -2.28. The molecule has 0 saturated carbocycles. The molecule has 1 aromatic heterocycles. The topological polar surface area (TPSA) is 51.5 Å². The molecule has 20 heavy (non-hydrogen) atoms. The highest BCUT2D eigenvalue weighted by atomic mass is 16.5. The second-order valence-electron chi connectivity index (χ2n) is 4.62. The molecule has 1 aromatic carbocycles. The molecule has 2 aromatic rings. The lowest BCUT2D eigenvalue weighted by atomic mass is 10.2. The highest BCUT2D eigenvalue weighted by Gasteiger charge is 2.16. The monoisotopic (exact) mass is 273 g/mol. The van der Waals surface area contributed by atoms with Gasteiger partial charge < -0.3 is 14.5 Å². The molecule has 0 bridgehead atoms. The van der Waals surface area contributed by atoms with Crippen molar-refractivity contribution in [1.29, 1.82) is 0 Å². The van der Waals surface area contributed by atoms with Crippen LogP contribution in [0.4, 0.5) is 4.79 Å². The second-order valence-corrected chi connectivity index (χ2v) is 4.62. The van der Waals surface area contributed by atoms with E-state index >= 15 is 0 Å². The minimum Gasteiger partial charge on any atom is -0.464 e. The molecule has 0 aliphatic heterocycles. The van der Waals surface area contributed by atoms with Gasteiger partial charge in [0.15, 0.2) is 0 Å². The third-order valence-electron chi connectivity index (χ3n) is 3.02. The van der Waals surface area contributed by atoms with Crippen molar-refractivity contribution in [3.8, 4) is 0 Å². The zero-order valence-electron chi connectivity index (χ0n) is 11.8.